The number of hydrogen-bond donors (Lipinski definition) is 1. The van der Waals surface area contributed by atoms with Crippen molar-refractivity contribution in [2.75, 3.05) is 64.9 Å². The van der Waals surface area contributed by atoms with Gasteiger partial charge < -0.3 is 24.6 Å². The predicted octanol–water partition coefficient (Wildman–Crippen LogP) is 2.26. The van der Waals surface area contributed by atoms with Crippen molar-refractivity contribution in [3.8, 4) is 5.75 Å². The van der Waals surface area contributed by atoms with E-state index in [-0.39, 0.29) is 23.9 Å². The molecule has 0 bridgehead atoms. The molecule has 1 unspecified atom stereocenters. The molecular formula is C23H34N4O4. The second kappa shape index (κ2) is 10.3. The van der Waals surface area contributed by atoms with Gasteiger partial charge in [-0.1, -0.05) is 6.07 Å². The molecule has 170 valence electrons. The second-order valence-corrected chi connectivity index (χ2v) is 8.66. The summed E-state index contributed by atoms with van der Waals surface area (Å²) in [6.45, 7) is 6.26. The smallest absolute Gasteiger partial charge is 0.321 e. The first-order valence-electron chi connectivity index (χ1n) is 11.4. The number of carbonyl (C=O) groups excluding carboxylic acids is 2. The number of ether oxygens (including phenoxy) is 2. The number of hydrogen-bond acceptors (Lipinski definition) is 5. The quantitative estimate of drug-likeness (QED) is 0.718. The fraction of sp³-hybridized carbons (Fsp3) is 0.652. The van der Waals surface area contributed by atoms with E-state index in [2.05, 4.69) is 15.1 Å². The zero-order valence-electron chi connectivity index (χ0n) is 18.4. The van der Waals surface area contributed by atoms with Gasteiger partial charge in [-0.15, -0.1) is 0 Å². The van der Waals surface area contributed by atoms with Gasteiger partial charge >= 0.3 is 6.03 Å². The Kier molecular flexibility index (Phi) is 7.29. The lowest BCUT2D eigenvalue weighted by Gasteiger charge is -2.40. The van der Waals surface area contributed by atoms with Gasteiger partial charge in [0.05, 0.1) is 20.3 Å². The molecule has 0 spiro atoms. The number of benzene rings is 1. The molecule has 1 aromatic rings. The number of carbonyl (C=O) groups is 2. The third-order valence-electron chi connectivity index (χ3n) is 6.42. The normalized spacial score (nSPS) is 22.1. The van der Waals surface area contributed by atoms with Crippen molar-refractivity contribution >= 4 is 17.6 Å². The van der Waals surface area contributed by atoms with E-state index < -0.39 is 0 Å². The molecule has 1 aromatic carbocycles. The summed E-state index contributed by atoms with van der Waals surface area (Å²) < 4.78 is 10.7. The molecule has 2 heterocycles. The summed E-state index contributed by atoms with van der Waals surface area (Å²) in [5, 5.41) is 2.98. The summed E-state index contributed by atoms with van der Waals surface area (Å²) in [7, 11) is 1.61. The molecule has 3 amide bonds. The van der Waals surface area contributed by atoms with Crippen molar-refractivity contribution in [1.82, 2.24) is 14.7 Å². The van der Waals surface area contributed by atoms with E-state index in [4.69, 9.17) is 9.47 Å². The molecule has 8 nitrogen and oxygen atoms in total. The minimum absolute atomic E-state index is 0.0824. The van der Waals surface area contributed by atoms with Gasteiger partial charge in [-0.3, -0.25) is 9.69 Å². The summed E-state index contributed by atoms with van der Waals surface area (Å²) in [6.07, 6.45) is 3.85. The number of piperidine rings is 1. The summed E-state index contributed by atoms with van der Waals surface area (Å²) in [5.41, 5.74) is 0.713. The second-order valence-electron chi connectivity index (χ2n) is 8.66. The van der Waals surface area contributed by atoms with Crippen molar-refractivity contribution in [1.29, 1.82) is 0 Å². The third-order valence-corrected chi connectivity index (χ3v) is 6.42. The number of rotatable bonds is 7. The van der Waals surface area contributed by atoms with Gasteiger partial charge in [0.25, 0.3) is 0 Å². The van der Waals surface area contributed by atoms with Gasteiger partial charge in [0, 0.05) is 63.0 Å². The fourth-order valence-corrected chi connectivity index (χ4v) is 4.41. The predicted molar refractivity (Wildman–Crippen MR) is 118 cm³/mol. The number of likely N-dealkylation sites (tertiary alicyclic amines) is 1. The van der Waals surface area contributed by atoms with E-state index in [9.17, 15) is 9.59 Å². The fourth-order valence-electron chi connectivity index (χ4n) is 4.41. The van der Waals surface area contributed by atoms with Crippen LogP contribution in [-0.2, 0) is 9.53 Å². The molecule has 3 aliphatic rings. The molecule has 1 atom stereocenters. The van der Waals surface area contributed by atoms with Gasteiger partial charge in [0.15, 0.2) is 0 Å². The number of morpholine rings is 1. The summed E-state index contributed by atoms with van der Waals surface area (Å²) in [6, 6.07) is 7.33. The van der Waals surface area contributed by atoms with Crippen molar-refractivity contribution < 1.29 is 19.1 Å². The maximum Gasteiger partial charge on any atom is 0.321 e. The van der Waals surface area contributed by atoms with Crippen molar-refractivity contribution in [2.45, 2.75) is 31.7 Å². The average Bonchev–Trinajstić information content (AvgIpc) is 3.66. The van der Waals surface area contributed by atoms with E-state index in [0.29, 0.717) is 24.5 Å². The maximum absolute atomic E-state index is 13.1. The Hall–Kier alpha value is -2.32. The summed E-state index contributed by atoms with van der Waals surface area (Å²) in [5.74, 6) is 1.16. The van der Waals surface area contributed by atoms with Crippen LogP contribution in [0.15, 0.2) is 24.3 Å². The summed E-state index contributed by atoms with van der Waals surface area (Å²) >= 11 is 0. The topological polar surface area (TPSA) is 74.3 Å². The Morgan fingerprint density at radius 2 is 2.00 bits per heavy atom. The zero-order chi connectivity index (χ0) is 21.6. The Morgan fingerprint density at radius 1 is 1.19 bits per heavy atom. The van der Waals surface area contributed by atoms with Crippen LogP contribution in [0.1, 0.15) is 25.7 Å². The van der Waals surface area contributed by atoms with Crippen LogP contribution in [0.25, 0.3) is 0 Å². The molecule has 1 aliphatic carbocycles. The molecule has 1 N–H and O–H groups in total. The Bertz CT molecular complexity index is 764. The lowest BCUT2D eigenvalue weighted by atomic mass is 10.0. The number of amides is 3. The third kappa shape index (κ3) is 5.89. The van der Waals surface area contributed by atoms with E-state index in [1.54, 1.807) is 7.11 Å². The van der Waals surface area contributed by atoms with Crippen LogP contribution in [0.3, 0.4) is 0 Å². The molecule has 0 radical (unpaired) electrons. The Morgan fingerprint density at radius 3 is 2.74 bits per heavy atom. The highest BCUT2D eigenvalue weighted by atomic mass is 16.5. The van der Waals surface area contributed by atoms with E-state index >= 15 is 0 Å². The van der Waals surface area contributed by atoms with Crippen molar-refractivity contribution in [3.05, 3.63) is 24.3 Å². The summed E-state index contributed by atoms with van der Waals surface area (Å²) in [4.78, 5) is 32.2. The van der Waals surface area contributed by atoms with Gasteiger partial charge in [-0.25, -0.2) is 4.79 Å². The molecule has 0 aromatic heterocycles. The number of nitrogens with one attached hydrogen (secondary N) is 1. The number of methoxy groups -OCH3 is 1. The van der Waals surface area contributed by atoms with Crippen LogP contribution < -0.4 is 10.1 Å². The van der Waals surface area contributed by atoms with E-state index in [1.807, 2.05) is 29.2 Å². The van der Waals surface area contributed by atoms with Crippen LogP contribution in [0.2, 0.25) is 0 Å². The van der Waals surface area contributed by atoms with Crippen LogP contribution in [0.4, 0.5) is 10.5 Å². The van der Waals surface area contributed by atoms with Gasteiger partial charge in [0.2, 0.25) is 5.91 Å². The monoisotopic (exact) mass is 430 g/mol. The highest BCUT2D eigenvalue weighted by molar-refractivity contribution is 5.89. The lowest BCUT2D eigenvalue weighted by molar-refractivity contribution is -0.136. The van der Waals surface area contributed by atoms with Crippen LogP contribution in [0.5, 0.6) is 5.75 Å². The standard InChI is InChI=1S/C23H34N4O4/c1-30-21-6-2-4-19(16-21)24-23(29)26-9-3-5-20(17-26)27(22(28)18-7-8-18)11-10-25-12-14-31-15-13-25/h2,4,6,16,18,20H,3,5,7-15,17H2,1H3,(H,24,29). The largest absolute Gasteiger partial charge is 0.497 e. The SMILES string of the molecule is COc1cccc(NC(=O)N2CCCC(N(CCN3CCOCC3)C(=O)C3CC3)C2)c1. The lowest BCUT2D eigenvalue weighted by Crippen LogP contribution is -2.54. The highest BCUT2D eigenvalue weighted by Gasteiger charge is 2.38. The van der Waals surface area contributed by atoms with E-state index in [1.165, 1.54) is 0 Å². The first kappa shape index (κ1) is 21.9. The minimum Gasteiger partial charge on any atom is -0.497 e. The number of nitrogens with zero attached hydrogens (tertiary/aromatic N) is 3. The van der Waals surface area contributed by atoms with Crippen molar-refractivity contribution in [2.24, 2.45) is 5.92 Å². The molecule has 1 saturated carbocycles. The van der Waals surface area contributed by atoms with Crippen LogP contribution in [0, 0.1) is 5.92 Å². The van der Waals surface area contributed by atoms with E-state index in [0.717, 1.165) is 65.1 Å². The van der Waals surface area contributed by atoms with Crippen molar-refractivity contribution in [3.63, 3.8) is 0 Å². The highest BCUT2D eigenvalue weighted by Crippen LogP contribution is 2.32. The van der Waals surface area contributed by atoms with Gasteiger partial charge in [-0.05, 0) is 37.8 Å². The first-order chi connectivity index (χ1) is 15.1. The van der Waals surface area contributed by atoms with Crippen LogP contribution >= 0.6 is 0 Å². The molecule has 2 saturated heterocycles. The Labute approximate surface area is 184 Å². The molecule has 3 fully saturated rings. The molecule has 31 heavy (non-hydrogen) atoms. The average molecular weight is 431 g/mol. The molecular weight excluding hydrogens is 396 g/mol. The maximum atomic E-state index is 13.1. The Balaban J connectivity index is 1.37. The molecule has 8 heteroatoms. The molecule has 4 rings (SSSR count). The van der Waals surface area contributed by atoms with Crippen LogP contribution in [-0.4, -0.2) is 92.3 Å². The number of urea groups is 1. The molecule has 2 aliphatic heterocycles. The van der Waals surface area contributed by atoms with Gasteiger partial charge in [-0.2, -0.15) is 0 Å². The minimum atomic E-state index is -0.120. The zero-order valence-corrected chi connectivity index (χ0v) is 18.4. The van der Waals surface area contributed by atoms with Gasteiger partial charge in [0.1, 0.15) is 5.75 Å². The number of anilines is 1. The first-order valence-corrected chi connectivity index (χ1v) is 11.4.